The van der Waals surface area contributed by atoms with Gasteiger partial charge in [-0.1, -0.05) is 20.8 Å². The van der Waals surface area contributed by atoms with Crippen molar-refractivity contribution >= 4 is 0 Å². The second-order valence-electron chi connectivity index (χ2n) is 5.75. The first-order valence-corrected chi connectivity index (χ1v) is 7.03. The molecular formula is C14H33N3. The molecule has 0 aromatic heterocycles. The lowest BCUT2D eigenvalue weighted by Gasteiger charge is -2.28. The fraction of sp³-hybridized carbons (Fsp3) is 1.00. The van der Waals surface area contributed by atoms with Gasteiger partial charge in [0.15, 0.2) is 0 Å². The van der Waals surface area contributed by atoms with Crippen molar-refractivity contribution < 1.29 is 0 Å². The Morgan fingerprint density at radius 2 is 1.65 bits per heavy atom. The largest absolute Gasteiger partial charge is 0.315 e. The van der Waals surface area contributed by atoms with Crippen LogP contribution in [-0.4, -0.2) is 63.2 Å². The Labute approximate surface area is 109 Å². The quantitative estimate of drug-likeness (QED) is 0.632. The van der Waals surface area contributed by atoms with Gasteiger partial charge in [0.05, 0.1) is 0 Å². The molecule has 0 aromatic rings. The van der Waals surface area contributed by atoms with E-state index in [1.165, 1.54) is 25.9 Å². The van der Waals surface area contributed by atoms with Crippen LogP contribution in [0.1, 0.15) is 33.6 Å². The fourth-order valence-electron chi connectivity index (χ4n) is 1.97. The van der Waals surface area contributed by atoms with Gasteiger partial charge in [-0.05, 0) is 59.5 Å². The maximum Gasteiger partial charge on any atom is 0.0214 e. The Morgan fingerprint density at radius 1 is 1.00 bits per heavy atom. The van der Waals surface area contributed by atoms with Crippen LogP contribution in [0.25, 0.3) is 0 Å². The van der Waals surface area contributed by atoms with Crippen LogP contribution >= 0.6 is 0 Å². The molecule has 0 rings (SSSR count). The zero-order valence-corrected chi connectivity index (χ0v) is 12.8. The molecule has 3 nitrogen and oxygen atoms in total. The lowest BCUT2D eigenvalue weighted by molar-refractivity contribution is 0.216. The van der Waals surface area contributed by atoms with E-state index in [0.717, 1.165) is 19.0 Å². The first kappa shape index (κ1) is 16.9. The summed E-state index contributed by atoms with van der Waals surface area (Å²) in [6, 6.07) is 0.677. The first-order valence-electron chi connectivity index (χ1n) is 7.03. The molecule has 3 heteroatoms. The molecule has 104 valence electrons. The summed E-state index contributed by atoms with van der Waals surface area (Å²) in [5.74, 6) is 0.742. The molecular weight excluding hydrogens is 210 g/mol. The smallest absolute Gasteiger partial charge is 0.0214 e. The van der Waals surface area contributed by atoms with Crippen molar-refractivity contribution in [1.29, 1.82) is 0 Å². The van der Waals surface area contributed by atoms with E-state index in [0.29, 0.717) is 6.04 Å². The maximum absolute atomic E-state index is 3.56. The van der Waals surface area contributed by atoms with Crippen molar-refractivity contribution in [2.24, 2.45) is 5.92 Å². The second kappa shape index (κ2) is 9.86. The van der Waals surface area contributed by atoms with E-state index < -0.39 is 0 Å². The lowest BCUT2D eigenvalue weighted by Crippen LogP contribution is -2.41. The van der Waals surface area contributed by atoms with Crippen LogP contribution in [-0.2, 0) is 0 Å². The maximum atomic E-state index is 3.56. The van der Waals surface area contributed by atoms with Gasteiger partial charge in [-0.2, -0.15) is 0 Å². The van der Waals surface area contributed by atoms with Crippen molar-refractivity contribution in [2.75, 3.05) is 47.3 Å². The predicted molar refractivity (Wildman–Crippen MR) is 77.6 cm³/mol. The number of hydrogen-bond acceptors (Lipinski definition) is 3. The second-order valence-corrected chi connectivity index (χ2v) is 5.75. The summed E-state index contributed by atoms with van der Waals surface area (Å²) >= 11 is 0. The predicted octanol–water partition coefficient (Wildman–Crippen LogP) is 1.89. The molecule has 0 spiro atoms. The molecule has 0 aliphatic rings. The van der Waals surface area contributed by atoms with Crippen molar-refractivity contribution in [3.63, 3.8) is 0 Å². The van der Waals surface area contributed by atoms with Crippen LogP contribution in [0, 0.1) is 5.92 Å². The minimum absolute atomic E-state index is 0.677. The number of nitrogens with one attached hydrogen (secondary N) is 1. The molecule has 0 fully saturated rings. The molecule has 1 atom stereocenters. The van der Waals surface area contributed by atoms with Gasteiger partial charge in [-0.25, -0.2) is 0 Å². The molecule has 0 amide bonds. The summed E-state index contributed by atoms with van der Waals surface area (Å²) in [6.07, 6.45) is 2.48. The zero-order valence-electron chi connectivity index (χ0n) is 12.8. The van der Waals surface area contributed by atoms with Gasteiger partial charge in [-0.15, -0.1) is 0 Å². The Hall–Kier alpha value is -0.120. The van der Waals surface area contributed by atoms with Gasteiger partial charge in [-0.3, -0.25) is 0 Å². The van der Waals surface area contributed by atoms with Gasteiger partial charge in [0.1, 0.15) is 0 Å². The number of nitrogens with zero attached hydrogens (tertiary/aromatic N) is 2. The minimum atomic E-state index is 0.677. The van der Waals surface area contributed by atoms with Crippen LogP contribution in [0.5, 0.6) is 0 Å². The van der Waals surface area contributed by atoms with Gasteiger partial charge < -0.3 is 15.1 Å². The Balaban J connectivity index is 3.75. The van der Waals surface area contributed by atoms with Crippen molar-refractivity contribution in [2.45, 2.75) is 39.7 Å². The third kappa shape index (κ3) is 9.57. The van der Waals surface area contributed by atoms with Gasteiger partial charge >= 0.3 is 0 Å². The highest BCUT2D eigenvalue weighted by Gasteiger charge is 2.11. The van der Waals surface area contributed by atoms with Crippen LogP contribution in [0.15, 0.2) is 0 Å². The lowest BCUT2D eigenvalue weighted by atomic mass is 10.1. The van der Waals surface area contributed by atoms with Crippen LogP contribution < -0.4 is 5.32 Å². The third-order valence-corrected chi connectivity index (χ3v) is 3.14. The molecule has 0 saturated heterocycles. The molecule has 0 bridgehead atoms. The van der Waals surface area contributed by atoms with E-state index in [2.05, 4.69) is 57.0 Å². The summed E-state index contributed by atoms with van der Waals surface area (Å²) in [5, 5.41) is 3.56. The molecule has 0 aromatic carbocycles. The highest BCUT2D eigenvalue weighted by molar-refractivity contribution is 4.70. The normalized spacial score (nSPS) is 13.9. The van der Waals surface area contributed by atoms with E-state index >= 15 is 0 Å². The van der Waals surface area contributed by atoms with E-state index in [1.54, 1.807) is 0 Å². The summed E-state index contributed by atoms with van der Waals surface area (Å²) in [5.41, 5.74) is 0. The number of likely N-dealkylation sites (N-methyl/N-ethyl adjacent to an activating group) is 1. The van der Waals surface area contributed by atoms with Gasteiger partial charge in [0, 0.05) is 12.6 Å². The Morgan fingerprint density at radius 3 is 2.12 bits per heavy atom. The van der Waals surface area contributed by atoms with Crippen molar-refractivity contribution in [3.05, 3.63) is 0 Å². The minimum Gasteiger partial charge on any atom is -0.315 e. The van der Waals surface area contributed by atoms with E-state index in [-0.39, 0.29) is 0 Å². The summed E-state index contributed by atoms with van der Waals surface area (Å²) in [7, 11) is 6.53. The topological polar surface area (TPSA) is 18.5 Å². The van der Waals surface area contributed by atoms with Crippen LogP contribution in [0.3, 0.4) is 0 Å². The molecule has 0 radical (unpaired) electrons. The molecule has 0 saturated carbocycles. The highest BCUT2D eigenvalue weighted by Crippen LogP contribution is 2.02. The van der Waals surface area contributed by atoms with Crippen molar-refractivity contribution in [1.82, 2.24) is 15.1 Å². The molecule has 0 aliphatic heterocycles. The monoisotopic (exact) mass is 243 g/mol. The van der Waals surface area contributed by atoms with Crippen molar-refractivity contribution in [3.8, 4) is 0 Å². The van der Waals surface area contributed by atoms with E-state index in [9.17, 15) is 0 Å². The Bertz CT molecular complexity index is 169. The molecule has 17 heavy (non-hydrogen) atoms. The first-order chi connectivity index (χ1) is 7.97. The third-order valence-electron chi connectivity index (χ3n) is 3.14. The average molecular weight is 243 g/mol. The zero-order chi connectivity index (χ0) is 13.3. The van der Waals surface area contributed by atoms with Gasteiger partial charge in [0.2, 0.25) is 0 Å². The molecule has 0 heterocycles. The summed E-state index contributed by atoms with van der Waals surface area (Å²) in [6.45, 7) is 11.4. The van der Waals surface area contributed by atoms with Crippen LogP contribution in [0.4, 0.5) is 0 Å². The average Bonchev–Trinajstić information content (AvgIpc) is 2.23. The van der Waals surface area contributed by atoms with E-state index in [1.807, 2.05) is 0 Å². The van der Waals surface area contributed by atoms with Crippen LogP contribution in [0.2, 0.25) is 0 Å². The highest BCUT2D eigenvalue weighted by atomic mass is 15.2. The number of rotatable bonds is 10. The molecule has 1 unspecified atom stereocenters. The fourth-order valence-corrected chi connectivity index (χ4v) is 1.97. The SMILES string of the molecule is CCC(CNCC(C)C)N(C)CCCN(C)C. The number of hydrogen-bond donors (Lipinski definition) is 1. The molecule has 0 aliphatic carbocycles. The summed E-state index contributed by atoms with van der Waals surface area (Å²) in [4.78, 5) is 4.75. The standard InChI is InChI=1S/C14H33N3/c1-7-14(12-15-11-13(2)3)17(6)10-8-9-16(4)5/h13-15H,7-12H2,1-6H3. The summed E-state index contributed by atoms with van der Waals surface area (Å²) < 4.78 is 0. The Kier molecular flexibility index (Phi) is 9.79. The van der Waals surface area contributed by atoms with E-state index in [4.69, 9.17) is 0 Å². The molecule has 1 N–H and O–H groups in total. The van der Waals surface area contributed by atoms with Gasteiger partial charge in [0.25, 0.3) is 0 Å².